The van der Waals surface area contributed by atoms with Crippen molar-refractivity contribution >= 4 is 17.1 Å². The van der Waals surface area contributed by atoms with E-state index in [0.717, 1.165) is 36.2 Å². The highest BCUT2D eigenvalue weighted by atomic mass is 16.5. The monoisotopic (exact) mass is 440 g/mol. The van der Waals surface area contributed by atoms with Gasteiger partial charge in [0.2, 0.25) is 0 Å². The number of anilines is 3. The first-order valence-corrected chi connectivity index (χ1v) is 11.4. The van der Waals surface area contributed by atoms with Crippen LogP contribution < -0.4 is 14.5 Å². The van der Waals surface area contributed by atoms with Crippen molar-refractivity contribution in [1.29, 1.82) is 0 Å². The number of benzene rings is 3. The maximum atomic E-state index is 6.37. The van der Waals surface area contributed by atoms with Crippen molar-refractivity contribution in [2.24, 2.45) is 0 Å². The van der Waals surface area contributed by atoms with Gasteiger partial charge < -0.3 is 19.4 Å². The minimum atomic E-state index is -0.0166. The third-order valence-electron chi connectivity index (χ3n) is 6.77. The number of ether oxygens (including phenoxy) is 1. The van der Waals surface area contributed by atoms with E-state index in [-0.39, 0.29) is 5.54 Å². The number of rotatable bonds is 4. The van der Waals surface area contributed by atoms with E-state index in [0.29, 0.717) is 0 Å². The molecule has 0 aromatic heterocycles. The largest absolute Gasteiger partial charge is 0.457 e. The number of nitrogens with zero attached hydrogens (tertiary/aromatic N) is 4. The molecule has 0 bridgehead atoms. The van der Waals surface area contributed by atoms with Crippen LogP contribution in [0.15, 0.2) is 79.1 Å². The Morgan fingerprint density at radius 2 is 1.58 bits per heavy atom. The Hall–Kier alpha value is -3.44. The first-order valence-electron chi connectivity index (χ1n) is 11.4. The molecule has 170 valence electrons. The van der Waals surface area contributed by atoms with Crippen molar-refractivity contribution in [3.63, 3.8) is 0 Å². The average molecular weight is 441 g/mol. The van der Waals surface area contributed by atoms with Crippen LogP contribution >= 0.6 is 0 Å². The van der Waals surface area contributed by atoms with E-state index in [9.17, 15) is 0 Å². The summed E-state index contributed by atoms with van der Waals surface area (Å²) in [6.07, 6.45) is 4.19. The smallest absolute Gasteiger partial charge is 0.129 e. The molecule has 0 unspecified atom stereocenters. The quantitative estimate of drug-likeness (QED) is 0.477. The summed E-state index contributed by atoms with van der Waals surface area (Å²) in [7, 11) is 4.26. The Morgan fingerprint density at radius 3 is 2.36 bits per heavy atom. The van der Waals surface area contributed by atoms with Crippen molar-refractivity contribution in [3.8, 4) is 11.5 Å². The SMILES string of the molecule is Cc1cc(Oc2cccc(N3CN(C)C(C)(C)c4ccccc43)c2)cc(N2C=CN(C)C2)c1. The summed E-state index contributed by atoms with van der Waals surface area (Å²) < 4.78 is 6.37. The van der Waals surface area contributed by atoms with Crippen LogP contribution in [-0.2, 0) is 5.54 Å². The molecule has 0 saturated heterocycles. The van der Waals surface area contributed by atoms with E-state index in [1.807, 2.05) is 6.07 Å². The van der Waals surface area contributed by atoms with E-state index in [2.05, 4.69) is 128 Å². The van der Waals surface area contributed by atoms with Gasteiger partial charge in [0.05, 0.1) is 13.3 Å². The van der Waals surface area contributed by atoms with Gasteiger partial charge in [-0.3, -0.25) is 4.90 Å². The zero-order chi connectivity index (χ0) is 23.2. The van der Waals surface area contributed by atoms with Crippen molar-refractivity contribution in [2.45, 2.75) is 26.3 Å². The Morgan fingerprint density at radius 1 is 0.788 bits per heavy atom. The molecule has 3 aromatic rings. The predicted molar refractivity (Wildman–Crippen MR) is 136 cm³/mol. The molecule has 0 N–H and O–H groups in total. The number of para-hydroxylation sites is 1. The lowest BCUT2D eigenvalue weighted by Gasteiger charge is -2.47. The Bertz CT molecular complexity index is 1200. The molecule has 0 saturated carbocycles. The molecule has 33 heavy (non-hydrogen) atoms. The molecule has 2 aliphatic rings. The van der Waals surface area contributed by atoms with Gasteiger partial charge in [-0.05, 0) is 69.3 Å². The summed E-state index contributed by atoms with van der Waals surface area (Å²) in [5.74, 6) is 1.69. The topological polar surface area (TPSA) is 22.2 Å². The molecule has 2 heterocycles. The summed E-state index contributed by atoms with van der Waals surface area (Å²) in [6.45, 7) is 8.34. The number of hydrogen-bond acceptors (Lipinski definition) is 5. The van der Waals surface area contributed by atoms with Crippen molar-refractivity contribution < 1.29 is 4.74 Å². The first-order chi connectivity index (χ1) is 15.8. The summed E-state index contributed by atoms with van der Waals surface area (Å²) in [5.41, 5.74) is 6.00. The second-order valence-electron chi connectivity index (χ2n) is 9.61. The Labute approximate surface area is 197 Å². The number of fused-ring (bicyclic) bond motifs is 1. The van der Waals surface area contributed by atoms with E-state index in [4.69, 9.17) is 4.74 Å². The molecular formula is C28H32N4O. The maximum Gasteiger partial charge on any atom is 0.129 e. The number of aryl methyl sites for hydroxylation is 1. The van der Waals surface area contributed by atoms with E-state index >= 15 is 0 Å². The number of hydrogen-bond donors (Lipinski definition) is 0. The van der Waals surface area contributed by atoms with Crippen LogP contribution in [0.2, 0.25) is 0 Å². The summed E-state index contributed by atoms with van der Waals surface area (Å²) >= 11 is 0. The molecule has 0 amide bonds. The van der Waals surface area contributed by atoms with Crippen LogP contribution in [0.4, 0.5) is 17.1 Å². The third kappa shape index (κ3) is 4.05. The molecule has 0 fully saturated rings. The van der Waals surface area contributed by atoms with Gasteiger partial charge in [0, 0.05) is 54.2 Å². The highest BCUT2D eigenvalue weighted by Gasteiger charge is 2.35. The molecule has 5 heteroatoms. The molecule has 0 aliphatic carbocycles. The van der Waals surface area contributed by atoms with E-state index < -0.39 is 0 Å². The third-order valence-corrected chi connectivity index (χ3v) is 6.77. The van der Waals surface area contributed by atoms with Crippen LogP contribution in [0, 0.1) is 6.92 Å². The zero-order valence-electron chi connectivity index (χ0n) is 20.1. The van der Waals surface area contributed by atoms with Crippen molar-refractivity contribution in [3.05, 3.63) is 90.3 Å². The van der Waals surface area contributed by atoms with Crippen molar-refractivity contribution in [1.82, 2.24) is 9.80 Å². The summed E-state index contributed by atoms with van der Waals surface area (Å²) in [6, 6.07) is 23.5. The fourth-order valence-electron chi connectivity index (χ4n) is 4.62. The van der Waals surface area contributed by atoms with Gasteiger partial charge in [-0.2, -0.15) is 0 Å². The minimum Gasteiger partial charge on any atom is -0.457 e. The summed E-state index contributed by atoms with van der Waals surface area (Å²) in [4.78, 5) is 9.12. The van der Waals surface area contributed by atoms with Crippen molar-refractivity contribution in [2.75, 3.05) is 37.2 Å². The predicted octanol–water partition coefficient (Wildman–Crippen LogP) is 6.24. The average Bonchev–Trinajstić information content (AvgIpc) is 3.23. The minimum absolute atomic E-state index is 0.0166. The molecule has 2 aliphatic heterocycles. The molecule has 0 atom stereocenters. The van der Waals surface area contributed by atoms with Gasteiger partial charge in [-0.15, -0.1) is 0 Å². The Balaban J connectivity index is 1.44. The van der Waals surface area contributed by atoms with Gasteiger partial charge in [0.1, 0.15) is 11.5 Å². The van der Waals surface area contributed by atoms with E-state index in [1.54, 1.807) is 0 Å². The molecular weight excluding hydrogens is 408 g/mol. The molecule has 0 spiro atoms. The highest BCUT2D eigenvalue weighted by Crippen LogP contribution is 2.42. The fourth-order valence-corrected chi connectivity index (χ4v) is 4.62. The zero-order valence-corrected chi connectivity index (χ0v) is 20.1. The highest BCUT2D eigenvalue weighted by molar-refractivity contribution is 5.70. The van der Waals surface area contributed by atoms with Gasteiger partial charge in [-0.25, -0.2) is 0 Å². The summed E-state index contributed by atoms with van der Waals surface area (Å²) in [5, 5.41) is 0. The first kappa shape index (κ1) is 21.4. The van der Waals surface area contributed by atoms with E-state index in [1.165, 1.54) is 16.8 Å². The standard InChI is InChI=1S/C28H32N4O/c1-21-15-23(31-14-13-29(4)19-31)18-25(16-21)33-24-10-8-9-22(17-24)32-20-30(5)28(2,3)26-11-6-7-12-27(26)32/h6-18H,19-20H2,1-5H3. The van der Waals surface area contributed by atoms with Gasteiger partial charge in [-0.1, -0.05) is 24.3 Å². The lowest BCUT2D eigenvalue weighted by molar-refractivity contribution is 0.150. The fraction of sp³-hybridized carbons (Fsp3) is 0.286. The molecule has 0 radical (unpaired) electrons. The van der Waals surface area contributed by atoms with Crippen LogP contribution in [0.25, 0.3) is 0 Å². The van der Waals surface area contributed by atoms with Gasteiger partial charge in [0.15, 0.2) is 0 Å². The van der Waals surface area contributed by atoms with Crippen LogP contribution in [0.3, 0.4) is 0 Å². The second-order valence-corrected chi connectivity index (χ2v) is 9.61. The molecule has 3 aromatic carbocycles. The molecule has 5 rings (SSSR count). The van der Waals surface area contributed by atoms with Crippen LogP contribution in [-0.4, -0.2) is 37.2 Å². The maximum absolute atomic E-state index is 6.37. The Kier molecular flexibility index (Phi) is 5.29. The van der Waals surface area contributed by atoms with Gasteiger partial charge in [0.25, 0.3) is 0 Å². The second kappa shape index (κ2) is 8.16. The normalized spacial score (nSPS) is 17.4. The lowest BCUT2D eigenvalue weighted by Crippen LogP contribution is -2.49. The molecule has 5 nitrogen and oxygen atoms in total. The van der Waals surface area contributed by atoms with Crippen LogP contribution in [0.5, 0.6) is 11.5 Å². The van der Waals surface area contributed by atoms with Crippen LogP contribution in [0.1, 0.15) is 25.0 Å². The van der Waals surface area contributed by atoms with Gasteiger partial charge >= 0.3 is 0 Å². The lowest BCUT2D eigenvalue weighted by atomic mass is 9.88.